The number of hydrogen-bond donors (Lipinski definition) is 1. The summed E-state index contributed by atoms with van der Waals surface area (Å²) in [5.74, 6) is 0.747. The first kappa shape index (κ1) is 15.1. The van der Waals surface area contributed by atoms with E-state index in [0.717, 1.165) is 32.5 Å². The number of carbonyl (C=O) groups is 1. The molecule has 0 radical (unpaired) electrons. The number of carbonyl (C=O) groups excluding carboxylic acids is 1. The molecule has 1 aromatic carbocycles. The van der Waals surface area contributed by atoms with Crippen molar-refractivity contribution in [1.82, 2.24) is 10.2 Å². The van der Waals surface area contributed by atoms with E-state index in [-0.39, 0.29) is 5.91 Å². The van der Waals surface area contributed by atoms with E-state index >= 15 is 0 Å². The highest BCUT2D eigenvalue weighted by atomic mass is 35.5. The lowest BCUT2D eigenvalue weighted by atomic mass is 9.88. The summed E-state index contributed by atoms with van der Waals surface area (Å²) in [6.07, 6.45) is 4.72. The summed E-state index contributed by atoms with van der Waals surface area (Å²) < 4.78 is 0. The maximum Gasteiger partial charge on any atom is 0.253 e. The number of rotatable bonds is 2. The largest absolute Gasteiger partial charge is 0.339 e. The van der Waals surface area contributed by atoms with E-state index in [0.29, 0.717) is 27.6 Å². The molecule has 2 fully saturated rings. The van der Waals surface area contributed by atoms with Gasteiger partial charge in [-0.15, -0.1) is 0 Å². The molecule has 0 bridgehead atoms. The number of piperidine rings is 1. The Morgan fingerprint density at radius 2 is 1.76 bits per heavy atom. The normalized spacial score (nSPS) is 23.5. The Bertz CT molecular complexity index is 501. The van der Waals surface area contributed by atoms with E-state index in [1.54, 1.807) is 18.2 Å². The second kappa shape index (κ2) is 6.55. The molecule has 2 saturated heterocycles. The SMILES string of the molecule is O=C(c1cc(Cl)cc(Cl)c1)N1CCC(C2CCCN2)CC1. The molecule has 1 unspecified atom stereocenters. The first-order valence-electron chi connectivity index (χ1n) is 7.62. The molecule has 1 amide bonds. The molecule has 0 aromatic heterocycles. The summed E-state index contributed by atoms with van der Waals surface area (Å²) in [6.45, 7) is 2.79. The average Bonchev–Trinajstić information content (AvgIpc) is 3.00. The Morgan fingerprint density at radius 3 is 2.33 bits per heavy atom. The predicted molar refractivity (Wildman–Crippen MR) is 86.1 cm³/mol. The molecule has 3 nitrogen and oxygen atoms in total. The molecule has 0 spiro atoms. The number of benzene rings is 1. The van der Waals surface area contributed by atoms with Gasteiger partial charge in [0, 0.05) is 34.7 Å². The first-order chi connectivity index (χ1) is 10.1. The lowest BCUT2D eigenvalue weighted by Crippen LogP contribution is -2.43. The second-order valence-corrected chi connectivity index (χ2v) is 6.86. The van der Waals surface area contributed by atoms with E-state index in [2.05, 4.69) is 5.32 Å². The zero-order valence-electron chi connectivity index (χ0n) is 11.9. The van der Waals surface area contributed by atoms with Crippen LogP contribution in [0.3, 0.4) is 0 Å². The van der Waals surface area contributed by atoms with Crippen LogP contribution in [0.15, 0.2) is 18.2 Å². The number of amides is 1. The molecule has 0 aliphatic carbocycles. The third-order valence-corrected chi connectivity index (χ3v) is 5.04. The fourth-order valence-corrected chi connectivity index (χ4v) is 4.00. The van der Waals surface area contributed by atoms with Crippen LogP contribution in [-0.2, 0) is 0 Å². The van der Waals surface area contributed by atoms with Gasteiger partial charge in [-0.25, -0.2) is 0 Å². The highest BCUT2D eigenvalue weighted by molar-refractivity contribution is 6.35. The van der Waals surface area contributed by atoms with Gasteiger partial charge in [0.05, 0.1) is 0 Å². The van der Waals surface area contributed by atoms with Gasteiger partial charge in [-0.2, -0.15) is 0 Å². The van der Waals surface area contributed by atoms with Gasteiger partial charge in [0.2, 0.25) is 0 Å². The minimum atomic E-state index is 0.0391. The summed E-state index contributed by atoms with van der Waals surface area (Å²) in [4.78, 5) is 14.4. The maximum absolute atomic E-state index is 12.5. The Labute approximate surface area is 135 Å². The highest BCUT2D eigenvalue weighted by Gasteiger charge is 2.30. The minimum Gasteiger partial charge on any atom is -0.339 e. The molecule has 21 heavy (non-hydrogen) atoms. The van der Waals surface area contributed by atoms with Crippen molar-refractivity contribution < 1.29 is 4.79 Å². The molecular weight excluding hydrogens is 307 g/mol. The molecule has 3 rings (SSSR count). The van der Waals surface area contributed by atoms with E-state index in [9.17, 15) is 4.79 Å². The van der Waals surface area contributed by atoms with Crippen LogP contribution in [0.5, 0.6) is 0 Å². The van der Waals surface area contributed by atoms with Crippen LogP contribution in [0.25, 0.3) is 0 Å². The van der Waals surface area contributed by atoms with E-state index in [4.69, 9.17) is 23.2 Å². The fraction of sp³-hybridized carbons (Fsp3) is 0.562. The monoisotopic (exact) mass is 326 g/mol. The molecular formula is C16H20Cl2N2O. The third-order valence-electron chi connectivity index (χ3n) is 4.60. The highest BCUT2D eigenvalue weighted by Crippen LogP contribution is 2.27. The summed E-state index contributed by atoms with van der Waals surface area (Å²) in [7, 11) is 0. The zero-order chi connectivity index (χ0) is 14.8. The molecule has 1 aromatic rings. The average molecular weight is 327 g/mol. The van der Waals surface area contributed by atoms with E-state index in [1.165, 1.54) is 12.8 Å². The van der Waals surface area contributed by atoms with Crippen LogP contribution in [-0.4, -0.2) is 36.5 Å². The van der Waals surface area contributed by atoms with Crippen LogP contribution < -0.4 is 5.32 Å². The van der Waals surface area contributed by atoms with Crippen molar-refractivity contribution in [3.05, 3.63) is 33.8 Å². The standard InChI is InChI=1S/C16H20Cl2N2O/c17-13-8-12(9-14(18)10-13)16(21)20-6-3-11(4-7-20)15-2-1-5-19-15/h8-11,15,19H,1-7H2. The van der Waals surface area contributed by atoms with Gasteiger partial charge in [0.1, 0.15) is 0 Å². The van der Waals surface area contributed by atoms with Crippen LogP contribution in [0.4, 0.5) is 0 Å². The molecule has 114 valence electrons. The lowest BCUT2D eigenvalue weighted by Gasteiger charge is -2.35. The molecule has 1 N–H and O–H groups in total. The Hall–Kier alpha value is -0.770. The number of nitrogens with zero attached hydrogens (tertiary/aromatic N) is 1. The quantitative estimate of drug-likeness (QED) is 0.900. The number of hydrogen-bond acceptors (Lipinski definition) is 2. The van der Waals surface area contributed by atoms with Crippen LogP contribution in [0, 0.1) is 5.92 Å². The predicted octanol–water partition coefficient (Wildman–Crippen LogP) is 3.60. The van der Waals surface area contributed by atoms with Gasteiger partial charge >= 0.3 is 0 Å². The van der Waals surface area contributed by atoms with Gasteiger partial charge in [0.15, 0.2) is 0 Å². The molecule has 1 atom stereocenters. The van der Waals surface area contributed by atoms with Crippen LogP contribution in [0.1, 0.15) is 36.0 Å². The van der Waals surface area contributed by atoms with Gasteiger partial charge in [-0.3, -0.25) is 4.79 Å². The lowest BCUT2D eigenvalue weighted by molar-refractivity contribution is 0.0674. The Balaban J connectivity index is 1.62. The van der Waals surface area contributed by atoms with Crippen molar-refractivity contribution in [3.63, 3.8) is 0 Å². The summed E-state index contributed by atoms with van der Waals surface area (Å²) in [5, 5.41) is 4.60. The van der Waals surface area contributed by atoms with Crippen molar-refractivity contribution in [1.29, 1.82) is 0 Å². The number of likely N-dealkylation sites (tertiary alicyclic amines) is 1. The number of halogens is 2. The fourth-order valence-electron chi connectivity index (χ4n) is 3.48. The Morgan fingerprint density at radius 1 is 1.10 bits per heavy atom. The van der Waals surface area contributed by atoms with Crippen LogP contribution in [0.2, 0.25) is 10.0 Å². The molecule has 2 aliphatic heterocycles. The van der Waals surface area contributed by atoms with Crippen molar-refractivity contribution in [2.75, 3.05) is 19.6 Å². The molecule has 2 aliphatic rings. The summed E-state index contributed by atoms with van der Waals surface area (Å²) >= 11 is 12.0. The minimum absolute atomic E-state index is 0.0391. The molecule has 5 heteroatoms. The van der Waals surface area contributed by atoms with Crippen molar-refractivity contribution in [3.8, 4) is 0 Å². The topological polar surface area (TPSA) is 32.3 Å². The van der Waals surface area contributed by atoms with Gasteiger partial charge in [0.25, 0.3) is 5.91 Å². The Kier molecular flexibility index (Phi) is 4.72. The van der Waals surface area contributed by atoms with Gasteiger partial charge in [-0.1, -0.05) is 23.2 Å². The molecule has 2 heterocycles. The first-order valence-corrected chi connectivity index (χ1v) is 8.38. The van der Waals surface area contributed by atoms with Crippen molar-refractivity contribution >= 4 is 29.1 Å². The third kappa shape index (κ3) is 3.53. The smallest absolute Gasteiger partial charge is 0.253 e. The van der Waals surface area contributed by atoms with Crippen LogP contribution >= 0.6 is 23.2 Å². The van der Waals surface area contributed by atoms with Gasteiger partial charge < -0.3 is 10.2 Å². The summed E-state index contributed by atoms with van der Waals surface area (Å²) in [6, 6.07) is 5.70. The zero-order valence-corrected chi connectivity index (χ0v) is 13.5. The summed E-state index contributed by atoms with van der Waals surface area (Å²) in [5.41, 5.74) is 0.588. The van der Waals surface area contributed by atoms with Crippen molar-refractivity contribution in [2.24, 2.45) is 5.92 Å². The number of nitrogens with one attached hydrogen (secondary N) is 1. The van der Waals surface area contributed by atoms with Crippen molar-refractivity contribution in [2.45, 2.75) is 31.7 Å². The molecule has 0 saturated carbocycles. The van der Waals surface area contributed by atoms with Gasteiger partial charge in [-0.05, 0) is 56.3 Å². The second-order valence-electron chi connectivity index (χ2n) is 5.99. The van der Waals surface area contributed by atoms with E-state index < -0.39 is 0 Å². The van der Waals surface area contributed by atoms with E-state index in [1.807, 2.05) is 4.90 Å². The maximum atomic E-state index is 12.5.